The van der Waals surface area contributed by atoms with E-state index in [4.69, 9.17) is 9.72 Å². The van der Waals surface area contributed by atoms with Gasteiger partial charge in [0.2, 0.25) is 0 Å². The van der Waals surface area contributed by atoms with Crippen molar-refractivity contribution in [2.45, 2.75) is 6.54 Å². The first-order valence-electron chi connectivity index (χ1n) is 8.38. The number of thiazole rings is 1. The van der Waals surface area contributed by atoms with Crippen LogP contribution in [0, 0.1) is 0 Å². The van der Waals surface area contributed by atoms with Crippen LogP contribution in [-0.2, 0) is 6.54 Å². The molecule has 0 amide bonds. The van der Waals surface area contributed by atoms with Crippen molar-refractivity contribution in [2.75, 3.05) is 11.6 Å². The summed E-state index contributed by atoms with van der Waals surface area (Å²) in [5.41, 5.74) is 3.36. The minimum absolute atomic E-state index is 0.526. The van der Waals surface area contributed by atoms with Gasteiger partial charge in [0.25, 0.3) is 0 Å². The molecule has 5 rings (SSSR count). The van der Waals surface area contributed by atoms with Gasteiger partial charge >= 0.3 is 0 Å². The van der Waals surface area contributed by atoms with Gasteiger partial charge in [-0.2, -0.15) is 0 Å². The molecule has 3 aromatic carbocycles. The van der Waals surface area contributed by atoms with E-state index in [1.807, 2.05) is 12.1 Å². The summed E-state index contributed by atoms with van der Waals surface area (Å²) in [6.45, 7) is 1.34. The molecule has 2 heterocycles. The molecule has 0 saturated carbocycles. The summed E-state index contributed by atoms with van der Waals surface area (Å²) in [6, 6.07) is 20.9. The van der Waals surface area contributed by atoms with E-state index in [2.05, 4.69) is 74.7 Å². The largest absolute Gasteiger partial charge is 0.473 e. The maximum Gasteiger partial charge on any atom is 0.188 e. The molecule has 0 radical (unpaired) electrons. The van der Waals surface area contributed by atoms with Crippen LogP contribution in [0.5, 0.6) is 5.75 Å². The minimum atomic E-state index is 0.526. The van der Waals surface area contributed by atoms with Crippen molar-refractivity contribution < 1.29 is 4.74 Å². The second kappa shape index (κ2) is 6.41. The molecule has 0 fully saturated rings. The number of nitrogens with zero attached hydrogens (tertiary/aromatic N) is 2. The predicted molar refractivity (Wildman–Crippen MR) is 111 cm³/mol. The molecular weight excluding hydrogens is 408 g/mol. The van der Waals surface area contributed by atoms with Crippen molar-refractivity contribution in [3.05, 3.63) is 76.1 Å². The van der Waals surface area contributed by atoms with E-state index < -0.39 is 0 Å². The fourth-order valence-corrected chi connectivity index (χ4v) is 4.37. The van der Waals surface area contributed by atoms with Crippen LogP contribution >= 0.6 is 27.3 Å². The van der Waals surface area contributed by atoms with Gasteiger partial charge in [-0.15, -0.1) is 11.3 Å². The van der Waals surface area contributed by atoms with Gasteiger partial charge < -0.3 is 9.64 Å². The lowest BCUT2D eigenvalue weighted by Gasteiger charge is -2.29. The van der Waals surface area contributed by atoms with Gasteiger partial charge in [-0.05, 0) is 29.0 Å². The van der Waals surface area contributed by atoms with Gasteiger partial charge in [-0.1, -0.05) is 58.4 Å². The third-order valence-corrected chi connectivity index (χ3v) is 6.06. The van der Waals surface area contributed by atoms with E-state index >= 15 is 0 Å². The van der Waals surface area contributed by atoms with Crippen molar-refractivity contribution in [1.82, 2.24) is 4.98 Å². The molecule has 5 heteroatoms. The van der Waals surface area contributed by atoms with Crippen molar-refractivity contribution in [3.8, 4) is 17.0 Å². The Balaban J connectivity index is 1.48. The molecule has 0 aliphatic carbocycles. The van der Waals surface area contributed by atoms with Gasteiger partial charge in [0.05, 0.1) is 12.2 Å². The number of rotatable bonds is 2. The molecule has 0 spiro atoms. The zero-order chi connectivity index (χ0) is 17.5. The number of hydrogen-bond acceptors (Lipinski definition) is 4. The van der Waals surface area contributed by atoms with E-state index in [1.54, 1.807) is 11.3 Å². The van der Waals surface area contributed by atoms with Crippen LogP contribution in [-0.4, -0.2) is 11.7 Å². The van der Waals surface area contributed by atoms with E-state index in [1.165, 1.54) is 16.3 Å². The van der Waals surface area contributed by atoms with Crippen molar-refractivity contribution >= 4 is 43.2 Å². The first kappa shape index (κ1) is 15.9. The number of anilines is 1. The first-order chi connectivity index (χ1) is 12.8. The van der Waals surface area contributed by atoms with Crippen molar-refractivity contribution in [3.63, 3.8) is 0 Å². The third kappa shape index (κ3) is 2.77. The van der Waals surface area contributed by atoms with Crippen LogP contribution in [0.2, 0.25) is 0 Å². The summed E-state index contributed by atoms with van der Waals surface area (Å²) < 4.78 is 7.09. The second-order valence-electron chi connectivity index (χ2n) is 6.26. The first-order valence-corrected chi connectivity index (χ1v) is 10.0. The SMILES string of the molecule is Brc1ccc(-c2csc(N3COc4ccc5ccccc5c4C3)n2)cc1. The fourth-order valence-electron chi connectivity index (χ4n) is 3.28. The monoisotopic (exact) mass is 422 g/mol. The predicted octanol–water partition coefficient (Wildman–Crippen LogP) is 6.08. The lowest BCUT2D eigenvalue weighted by molar-refractivity contribution is 0.290. The highest BCUT2D eigenvalue weighted by atomic mass is 79.9. The molecular formula is C21H15BrN2OS. The Hall–Kier alpha value is -2.37. The van der Waals surface area contributed by atoms with Crippen LogP contribution in [0.1, 0.15) is 5.56 Å². The summed E-state index contributed by atoms with van der Waals surface area (Å²) in [5, 5.41) is 5.59. The lowest BCUT2D eigenvalue weighted by atomic mass is 10.0. The number of benzene rings is 3. The minimum Gasteiger partial charge on any atom is -0.473 e. The van der Waals surface area contributed by atoms with Crippen molar-refractivity contribution in [1.29, 1.82) is 0 Å². The normalized spacial score (nSPS) is 13.5. The Morgan fingerprint density at radius 3 is 2.73 bits per heavy atom. The standard InChI is InChI=1S/C21H15BrN2OS/c22-16-8-5-15(6-9-16)19-12-26-21(23-19)24-11-18-17-4-2-1-3-14(17)7-10-20(18)25-13-24/h1-10,12H,11,13H2. The number of ether oxygens (including phenoxy) is 1. The highest BCUT2D eigenvalue weighted by Crippen LogP contribution is 2.36. The van der Waals surface area contributed by atoms with E-state index in [9.17, 15) is 0 Å². The highest BCUT2D eigenvalue weighted by Gasteiger charge is 2.22. The van der Waals surface area contributed by atoms with Gasteiger partial charge in [0, 0.05) is 21.0 Å². The summed E-state index contributed by atoms with van der Waals surface area (Å²) in [7, 11) is 0. The van der Waals surface area contributed by atoms with E-state index in [0.29, 0.717) is 6.73 Å². The Morgan fingerprint density at radius 1 is 1.00 bits per heavy atom. The van der Waals surface area contributed by atoms with Crippen LogP contribution in [0.15, 0.2) is 70.5 Å². The molecule has 26 heavy (non-hydrogen) atoms. The number of fused-ring (bicyclic) bond motifs is 3. The molecule has 0 unspecified atom stereocenters. The van der Waals surface area contributed by atoms with Gasteiger partial charge in [-0.25, -0.2) is 4.98 Å². The zero-order valence-corrected chi connectivity index (χ0v) is 16.3. The molecule has 0 saturated heterocycles. The Labute approximate surface area is 164 Å². The Morgan fingerprint density at radius 2 is 1.85 bits per heavy atom. The molecule has 0 N–H and O–H groups in total. The third-order valence-electron chi connectivity index (χ3n) is 4.63. The van der Waals surface area contributed by atoms with Crippen LogP contribution in [0.4, 0.5) is 5.13 Å². The zero-order valence-electron chi connectivity index (χ0n) is 13.9. The van der Waals surface area contributed by atoms with Gasteiger partial charge in [0.15, 0.2) is 11.9 Å². The van der Waals surface area contributed by atoms with Gasteiger partial charge in [0.1, 0.15) is 5.75 Å². The Kier molecular flexibility index (Phi) is 3.91. The molecule has 4 aromatic rings. The average Bonchev–Trinajstić information content (AvgIpc) is 3.18. The fraction of sp³-hybridized carbons (Fsp3) is 0.0952. The lowest BCUT2D eigenvalue weighted by Crippen LogP contribution is -2.31. The molecule has 0 atom stereocenters. The summed E-state index contributed by atoms with van der Waals surface area (Å²) in [6.07, 6.45) is 0. The van der Waals surface area contributed by atoms with Crippen molar-refractivity contribution in [2.24, 2.45) is 0 Å². The quantitative estimate of drug-likeness (QED) is 0.391. The average molecular weight is 423 g/mol. The number of aromatic nitrogens is 1. The topological polar surface area (TPSA) is 25.4 Å². The second-order valence-corrected chi connectivity index (χ2v) is 8.01. The summed E-state index contributed by atoms with van der Waals surface area (Å²) >= 11 is 5.14. The van der Waals surface area contributed by atoms with E-state index in [0.717, 1.165) is 33.2 Å². The molecule has 3 nitrogen and oxygen atoms in total. The van der Waals surface area contributed by atoms with Crippen LogP contribution in [0.25, 0.3) is 22.0 Å². The molecule has 1 aliphatic heterocycles. The van der Waals surface area contributed by atoms with Crippen LogP contribution < -0.4 is 9.64 Å². The maximum absolute atomic E-state index is 6.02. The van der Waals surface area contributed by atoms with Gasteiger partial charge in [-0.3, -0.25) is 0 Å². The summed E-state index contributed by atoms with van der Waals surface area (Å²) in [4.78, 5) is 7.03. The molecule has 1 aromatic heterocycles. The highest BCUT2D eigenvalue weighted by molar-refractivity contribution is 9.10. The summed E-state index contributed by atoms with van der Waals surface area (Å²) in [5.74, 6) is 0.977. The maximum atomic E-state index is 6.02. The van der Waals surface area contributed by atoms with E-state index in [-0.39, 0.29) is 0 Å². The smallest absolute Gasteiger partial charge is 0.188 e. The molecule has 1 aliphatic rings. The van der Waals surface area contributed by atoms with Crippen LogP contribution in [0.3, 0.4) is 0 Å². The molecule has 128 valence electrons. The number of halogens is 1. The Bertz CT molecular complexity index is 1090. The number of hydrogen-bond donors (Lipinski definition) is 0. The molecule has 0 bridgehead atoms.